The molecule has 1 saturated carbocycles. The highest BCUT2D eigenvalue weighted by molar-refractivity contribution is 4.93. The number of rotatable bonds is 3. The average molecular weight is 265 g/mol. The molecule has 1 atom stereocenters. The Morgan fingerprint density at radius 3 is 2.05 bits per heavy atom. The molecule has 0 radical (unpaired) electrons. The minimum absolute atomic E-state index is 0.727. The lowest BCUT2D eigenvalue weighted by Gasteiger charge is -2.47. The molecule has 3 heteroatoms. The Hall–Kier alpha value is -0.120. The molecule has 0 N–H and O–H groups in total. The highest BCUT2D eigenvalue weighted by Gasteiger charge is 2.36. The number of hydrogen-bond donors (Lipinski definition) is 0. The molecule has 2 heterocycles. The van der Waals surface area contributed by atoms with Crippen LogP contribution in [-0.4, -0.2) is 71.6 Å². The Labute approximate surface area is 118 Å². The highest BCUT2D eigenvalue weighted by atomic mass is 15.3. The predicted octanol–water partition coefficient (Wildman–Crippen LogP) is 2.03. The molecule has 1 unspecified atom stereocenters. The standard InChI is InChI=1S/C16H31N3/c1-13(2)17-8-6-16(7-9-17)19-11-10-18(12-14(19)3)15-4-5-15/h13-16H,4-12H2,1-3H3. The molecule has 2 saturated heterocycles. The van der Waals surface area contributed by atoms with Crippen molar-refractivity contribution in [1.29, 1.82) is 0 Å². The molecular weight excluding hydrogens is 234 g/mol. The molecule has 3 nitrogen and oxygen atoms in total. The zero-order valence-corrected chi connectivity index (χ0v) is 13.0. The fourth-order valence-corrected chi connectivity index (χ4v) is 4.05. The van der Waals surface area contributed by atoms with Gasteiger partial charge in [0, 0.05) is 43.8 Å². The second kappa shape index (κ2) is 5.71. The van der Waals surface area contributed by atoms with Gasteiger partial charge in [0.1, 0.15) is 0 Å². The molecule has 2 aliphatic heterocycles. The van der Waals surface area contributed by atoms with E-state index in [0.29, 0.717) is 0 Å². The summed E-state index contributed by atoms with van der Waals surface area (Å²) in [5.41, 5.74) is 0. The number of likely N-dealkylation sites (tertiary alicyclic amines) is 1. The second-order valence-electron chi connectivity index (χ2n) is 7.17. The van der Waals surface area contributed by atoms with E-state index in [1.807, 2.05) is 0 Å². The van der Waals surface area contributed by atoms with E-state index in [-0.39, 0.29) is 0 Å². The molecule has 1 aliphatic carbocycles. The summed E-state index contributed by atoms with van der Waals surface area (Å²) in [6.45, 7) is 13.7. The molecule has 0 amide bonds. The molecule has 3 fully saturated rings. The lowest BCUT2D eigenvalue weighted by molar-refractivity contribution is 0.0149. The Bertz CT molecular complexity index is 292. The first kappa shape index (κ1) is 13.8. The molecule has 3 rings (SSSR count). The van der Waals surface area contributed by atoms with Crippen LogP contribution in [0.4, 0.5) is 0 Å². The summed E-state index contributed by atoms with van der Waals surface area (Å²) in [5.74, 6) is 0. The van der Waals surface area contributed by atoms with Crippen molar-refractivity contribution in [3.63, 3.8) is 0 Å². The molecule has 0 aromatic rings. The topological polar surface area (TPSA) is 9.72 Å². The van der Waals surface area contributed by atoms with Gasteiger partial charge in [-0.15, -0.1) is 0 Å². The van der Waals surface area contributed by atoms with E-state index in [0.717, 1.165) is 24.2 Å². The quantitative estimate of drug-likeness (QED) is 0.773. The van der Waals surface area contributed by atoms with Crippen molar-refractivity contribution in [3.05, 3.63) is 0 Å². The van der Waals surface area contributed by atoms with Crippen LogP contribution in [0.2, 0.25) is 0 Å². The van der Waals surface area contributed by atoms with Gasteiger partial charge >= 0.3 is 0 Å². The molecule has 0 bridgehead atoms. The predicted molar refractivity (Wildman–Crippen MR) is 80.5 cm³/mol. The maximum absolute atomic E-state index is 2.82. The van der Waals surface area contributed by atoms with Gasteiger partial charge in [-0.2, -0.15) is 0 Å². The van der Waals surface area contributed by atoms with Crippen molar-refractivity contribution in [2.24, 2.45) is 0 Å². The maximum atomic E-state index is 2.82. The minimum Gasteiger partial charge on any atom is -0.301 e. The minimum atomic E-state index is 0.727. The largest absolute Gasteiger partial charge is 0.301 e. The van der Waals surface area contributed by atoms with Crippen LogP contribution >= 0.6 is 0 Å². The zero-order chi connectivity index (χ0) is 13.4. The zero-order valence-electron chi connectivity index (χ0n) is 13.0. The van der Waals surface area contributed by atoms with Gasteiger partial charge in [-0.1, -0.05) is 0 Å². The van der Waals surface area contributed by atoms with Crippen LogP contribution in [0.5, 0.6) is 0 Å². The lowest BCUT2D eigenvalue weighted by atomic mass is 9.99. The number of piperazine rings is 1. The molecular formula is C16H31N3. The van der Waals surface area contributed by atoms with Crippen molar-refractivity contribution < 1.29 is 0 Å². The van der Waals surface area contributed by atoms with Gasteiger partial charge in [-0.05, 0) is 59.5 Å². The van der Waals surface area contributed by atoms with E-state index in [2.05, 4.69) is 35.5 Å². The molecule has 3 aliphatic rings. The molecule has 110 valence electrons. The van der Waals surface area contributed by atoms with E-state index in [1.165, 1.54) is 58.4 Å². The van der Waals surface area contributed by atoms with Crippen LogP contribution in [0.15, 0.2) is 0 Å². The lowest BCUT2D eigenvalue weighted by Crippen LogP contribution is -2.58. The first-order valence-corrected chi connectivity index (χ1v) is 8.39. The molecule has 0 aromatic heterocycles. The first-order valence-electron chi connectivity index (χ1n) is 8.39. The third kappa shape index (κ3) is 3.14. The van der Waals surface area contributed by atoms with Crippen molar-refractivity contribution in [3.8, 4) is 0 Å². The van der Waals surface area contributed by atoms with Gasteiger partial charge in [0.2, 0.25) is 0 Å². The number of hydrogen-bond acceptors (Lipinski definition) is 3. The summed E-state index contributed by atoms with van der Waals surface area (Å²) in [6.07, 6.45) is 5.68. The Balaban J connectivity index is 1.50. The Kier molecular flexibility index (Phi) is 4.16. The Morgan fingerprint density at radius 1 is 0.842 bits per heavy atom. The van der Waals surface area contributed by atoms with Crippen LogP contribution < -0.4 is 0 Å². The van der Waals surface area contributed by atoms with Crippen molar-refractivity contribution in [2.45, 2.75) is 70.6 Å². The van der Waals surface area contributed by atoms with Crippen LogP contribution in [0.1, 0.15) is 46.5 Å². The smallest absolute Gasteiger partial charge is 0.0198 e. The van der Waals surface area contributed by atoms with Crippen LogP contribution in [-0.2, 0) is 0 Å². The molecule has 0 spiro atoms. The fraction of sp³-hybridized carbons (Fsp3) is 1.00. The third-order valence-corrected chi connectivity index (χ3v) is 5.47. The molecule has 19 heavy (non-hydrogen) atoms. The fourth-order valence-electron chi connectivity index (χ4n) is 4.05. The summed E-state index contributed by atoms with van der Waals surface area (Å²) in [5, 5.41) is 0. The second-order valence-corrected chi connectivity index (χ2v) is 7.17. The van der Waals surface area contributed by atoms with Crippen molar-refractivity contribution in [2.75, 3.05) is 32.7 Å². The first-order chi connectivity index (χ1) is 9.15. The van der Waals surface area contributed by atoms with E-state index in [4.69, 9.17) is 0 Å². The maximum Gasteiger partial charge on any atom is 0.0198 e. The third-order valence-electron chi connectivity index (χ3n) is 5.47. The monoisotopic (exact) mass is 265 g/mol. The van der Waals surface area contributed by atoms with Crippen LogP contribution in [0, 0.1) is 0 Å². The van der Waals surface area contributed by atoms with E-state index >= 15 is 0 Å². The van der Waals surface area contributed by atoms with Gasteiger partial charge < -0.3 is 4.90 Å². The SMILES string of the molecule is CC(C)N1CCC(N2CCN(C3CC3)CC2C)CC1. The Morgan fingerprint density at radius 2 is 1.53 bits per heavy atom. The summed E-state index contributed by atoms with van der Waals surface area (Å²) >= 11 is 0. The van der Waals surface area contributed by atoms with Crippen LogP contribution in [0.3, 0.4) is 0 Å². The normalized spacial score (nSPS) is 33.2. The van der Waals surface area contributed by atoms with Crippen LogP contribution in [0.25, 0.3) is 0 Å². The van der Waals surface area contributed by atoms with Gasteiger partial charge in [0.25, 0.3) is 0 Å². The van der Waals surface area contributed by atoms with Gasteiger partial charge in [-0.25, -0.2) is 0 Å². The summed E-state index contributed by atoms with van der Waals surface area (Å²) < 4.78 is 0. The van der Waals surface area contributed by atoms with Gasteiger partial charge in [-0.3, -0.25) is 9.80 Å². The number of piperidine rings is 1. The van der Waals surface area contributed by atoms with E-state index in [1.54, 1.807) is 0 Å². The average Bonchev–Trinajstić information content (AvgIpc) is 3.23. The highest BCUT2D eigenvalue weighted by Crippen LogP contribution is 2.30. The van der Waals surface area contributed by atoms with Gasteiger partial charge in [0.15, 0.2) is 0 Å². The van der Waals surface area contributed by atoms with Crippen molar-refractivity contribution >= 4 is 0 Å². The van der Waals surface area contributed by atoms with Crippen molar-refractivity contribution in [1.82, 2.24) is 14.7 Å². The molecule has 0 aromatic carbocycles. The van der Waals surface area contributed by atoms with E-state index in [9.17, 15) is 0 Å². The van der Waals surface area contributed by atoms with E-state index < -0.39 is 0 Å². The summed E-state index contributed by atoms with van der Waals surface area (Å²) in [7, 11) is 0. The summed E-state index contributed by atoms with van der Waals surface area (Å²) in [6, 6.07) is 3.30. The number of nitrogens with zero attached hydrogens (tertiary/aromatic N) is 3. The van der Waals surface area contributed by atoms with Gasteiger partial charge in [0.05, 0.1) is 0 Å². The summed E-state index contributed by atoms with van der Waals surface area (Å²) in [4.78, 5) is 8.20.